The second kappa shape index (κ2) is 7.28. The molecule has 2 heterocycles. The summed E-state index contributed by atoms with van der Waals surface area (Å²) in [6.45, 7) is 2.64. The van der Waals surface area contributed by atoms with E-state index in [0.29, 0.717) is 6.54 Å². The van der Waals surface area contributed by atoms with Crippen LogP contribution in [0.5, 0.6) is 0 Å². The van der Waals surface area contributed by atoms with E-state index in [1.807, 2.05) is 49.5 Å². The molecule has 3 nitrogen and oxygen atoms in total. The first kappa shape index (κ1) is 16.2. The zero-order valence-corrected chi connectivity index (χ0v) is 14.6. The van der Waals surface area contributed by atoms with Crippen molar-refractivity contribution in [2.45, 2.75) is 13.5 Å². The Balaban J connectivity index is 1.71. The van der Waals surface area contributed by atoms with Crippen LogP contribution in [0.4, 0.5) is 0 Å². The van der Waals surface area contributed by atoms with Crippen molar-refractivity contribution in [1.82, 2.24) is 9.97 Å². The summed E-state index contributed by atoms with van der Waals surface area (Å²) in [6, 6.07) is 24.7. The second-order valence-electron chi connectivity index (χ2n) is 6.18. The summed E-state index contributed by atoms with van der Waals surface area (Å²) in [5, 5.41) is 2.43. The first-order chi connectivity index (χ1) is 12.8. The van der Waals surface area contributed by atoms with Crippen LogP contribution in [0.1, 0.15) is 18.2 Å². The molecule has 0 amide bonds. The molecule has 0 N–H and O–H groups in total. The largest absolute Gasteiger partial charge is 0.283 e. The molecule has 0 aliphatic heterocycles. The van der Waals surface area contributed by atoms with Gasteiger partial charge in [-0.15, -0.1) is 0 Å². The highest BCUT2D eigenvalue weighted by atomic mass is 14.8. The van der Waals surface area contributed by atoms with Gasteiger partial charge >= 0.3 is 0 Å². The summed E-state index contributed by atoms with van der Waals surface area (Å²) in [7, 11) is 0. The topological polar surface area (TPSA) is 38.1 Å². The van der Waals surface area contributed by atoms with Crippen LogP contribution in [0.2, 0.25) is 0 Å². The predicted molar refractivity (Wildman–Crippen MR) is 107 cm³/mol. The predicted octanol–water partition coefficient (Wildman–Crippen LogP) is 5.31. The maximum atomic E-state index is 4.76. The molecule has 126 valence electrons. The molecule has 0 atom stereocenters. The van der Waals surface area contributed by atoms with Crippen LogP contribution in [0.15, 0.2) is 90.2 Å². The Morgan fingerprint density at radius 1 is 0.846 bits per heavy atom. The lowest BCUT2D eigenvalue weighted by molar-refractivity contribution is 1.07. The Bertz CT molecular complexity index is 1050. The van der Waals surface area contributed by atoms with Gasteiger partial charge in [0.15, 0.2) is 0 Å². The van der Waals surface area contributed by atoms with Gasteiger partial charge in [-0.25, -0.2) is 0 Å². The monoisotopic (exact) mass is 337 g/mol. The van der Waals surface area contributed by atoms with Crippen LogP contribution in [0.25, 0.3) is 22.0 Å². The molecule has 26 heavy (non-hydrogen) atoms. The fourth-order valence-electron chi connectivity index (χ4n) is 3.03. The SMILES string of the molecule is CC(=NCc1cccc2ccc(-c3ccccn3)cc12)c1ccccn1. The third kappa shape index (κ3) is 3.38. The second-order valence-corrected chi connectivity index (χ2v) is 6.18. The molecule has 0 fully saturated rings. The van der Waals surface area contributed by atoms with Crippen molar-refractivity contribution in [3.8, 4) is 11.3 Å². The van der Waals surface area contributed by atoms with Gasteiger partial charge in [-0.3, -0.25) is 15.0 Å². The van der Waals surface area contributed by atoms with E-state index in [9.17, 15) is 0 Å². The van der Waals surface area contributed by atoms with Crippen molar-refractivity contribution in [3.05, 3.63) is 96.4 Å². The maximum Gasteiger partial charge on any atom is 0.0837 e. The number of hydrogen-bond donors (Lipinski definition) is 0. The summed E-state index contributed by atoms with van der Waals surface area (Å²) in [5.74, 6) is 0. The smallest absolute Gasteiger partial charge is 0.0837 e. The van der Waals surface area contributed by atoms with Gasteiger partial charge in [0.1, 0.15) is 0 Å². The molecule has 0 saturated heterocycles. The van der Waals surface area contributed by atoms with Crippen molar-refractivity contribution in [3.63, 3.8) is 0 Å². The molecular formula is C23H19N3. The van der Waals surface area contributed by atoms with E-state index in [1.54, 1.807) is 6.20 Å². The molecule has 0 spiro atoms. The van der Waals surface area contributed by atoms with Gasteiger partial charge in [-0.2, -0.15) is 0 Å². The molecule has 0 saturated carbocycles. The van der Waals surface area contributed by atoms with Gasteiger partial charge < -0.3 is 0 Å². The molecular weight excluding hydrogens is 318 g/mol. The molecule has 0 bridgehead atoms. The molecule has 0 aliphatic carbocycles. The normalized spacial score (nSPS) is 11.7. The number of pyridine rings is 2. The van der Waals surface area contributed by atoms with Crippen LogP contribution in [-0.4, -0.2) is 15.7 Å². The van der Waals surface area contributed by atoms with E-state index < -0.39 is 0 Å². The van der Waals surface area contributed by atoms with E-state index >= 15 is 0 Å². The number of rotatable bonds is 4. The van der Waals surface area contributed by atoms with Crippen LogP contribution in [0.3, 0.4) is 0 Å². The third-order valence-electron chi connectivity index (χ3n) is 4.46. The van der Waals surface area contributed by atoms with E-state index in [-0.39, 0.29) is 0 Å². The number of benzene rings is 2. The Morgan fingerprint density at radius 2 is 1.69 bits per heavy atom. The van der Waals surface area contributed by atoms with Gasteiger partial charge in [0.25, 0.3) is 0 Å². The minimum atomic E-state index is 0.630. The number of aliphatic imine (C=N–C) groups is 1. The zero-order chi connectivity index (χ0) is 17.8. The minimum Gasteiger partial charge on any atom is -0.283 e. The summed E-state index contributed by atoms with van der Waals surface area (Å²) in [4.78, 5) is 13.6. The Hall–Kier alpha value is -3.33. The van der Waals surface area contributed by atoms with Crippen molar-refractivity contribution >= 4 is 16.5 Å². The van der Waals surface area contributed by atoms with Gasteiger partial charge in [0.2, 0.25) is 0 Å². The van der Waals surface area contributed by atoms with Crippen LogP contribution in [0, 0.1) is 0 Å². The average molecular weight is 337 g/mol. The zero-order valence-electron chi connectivity index (χ0n) is 14.6. The van der Waals surface area contributed by atoms with E-state index in [0.717, 1.165) is 22.7 Å². The fourth-order valence-corrected chi connectivity index (χ4v) is 3.03. The lowest BCUT2D eigenvalue weighted by atomic mass is 10.0. The number of nitrogens with zero attached hydrogens (tertiary/aromatic N) is 3. The van der Waals surface area contributed by atoms with Gasteiger partial charge in [0.05, 0.1) is 23.6 Å². The van der Waals surface area contributed by atoms with Gasteiger partial charge in [-0.1, -0.05) is 42.5 Å². The van der Waals surface area contributed by atoms with Crippen LogP contribution >= 0.6 is 0 Å². The Morgan fingerprint density at radius 3 is 2.46 bits per heavy atom. The first-order valence-corrected chi connectivity index (χ1v) is 8.67. The Labute approximate surface area is 153 Å². The summed E-state index contributed by atoms with van der Waals surface area (Å²) >= 11 is 0. The minimum absolute atomic E-state index is 0.630. The highest BCUT2D eigenvalue weighted by Gasteiger charge is 2.05. The molecule has 4 rings (SSSR count). The van der Waals surface area contributed by atoms with Crippen molar-refractivity contribution in [2.75, 3.05) is 0 Å². The summed E-state index contributed by atoms with van der Waals surface area (Å²) in [5.41, 5.74) is 5.18. The van der Waals surface area contributed by atoms with Crippen molar-refractivity contribution < 1.29 is 0 Å². The number of aromatic nitrogens is 2. The summed E-state index contributed by atoms with van der Waals surface area (Å²) in [6.07, 6.45) is 3.62. The van der Waals surface area contributed by atoms with Crippen molar-refractivity contribution in [2.24, 2.45) is 4.99 Å². The summed E-state index contributed by atoms with van der Waals surface area (Å²) < 4.78 is 0. The van der Waals surface area contributed by atoms with Gasteiger partial charge in [-0.05, 0) is 53.6 Å². The van der Waals surface area contributed by atoms with E-state index in [1.165, 1.54) is 16.3 Å². The standard InChI is InChI=1S/C23H19N3/c1-17(22-9-2-4-13-24-22)26-16-20-8-6-7-18-11-12-19(15-21(18)20)23-10-3-5-14-25-23/h2-15H,16H2,1H3. The lowest BCUT2D eigenvalue weighted by Gasteiger charge is -2.08. The highest BCUT2D eigenvalue weighted by molar-refractivity contribution is 5.97. The molecule has 0 aliphatic rings. The van der Waals surface area contributed by atoms with Crippen LogP contribution in [-0.2, 0) is 6.54 Å². The highest BCUT2D eigenvalue weighted by Crippen LogP contribution is 2.26. The van der Waals surface area contributed by atoms with Crippen molar-refractivity contribution in [1.29, 1.82) is 0 Å². The average Bonchev–Trinajstić information content (AvgIpc) is 2.73. The first-order valence-electron chi connectivity index (χ1n) is 8.67. The maximum absolute atomic E-state index is 4.76. The van der Waals surface area contributed by atoms with Gasteiger partial charge in [0, 0.05) is 18.0 Å². The Kier molecular flexibility index (Phi) is 4.52. The van der Waals surface area contributed by atoms with Crippen LogP contribution < -0.4 is 0 Å². The van der Waals surface area contributed by atoms with E-state index in [2.05, 4.69) is 46.4 Å². The fraction of sp³-hybridized carbons (Fsp3) is 0.0870. The van der Waals surface area contributed by atoms with E-state index in [4.69, 9.17) is 4.99 Å². The number of fused-ring (bicyclic) bond motifs is 1. The molecule has 4 aromatic rings. The molecule has 0 unspecified atom stereocenters. The quantitative estimate of drug-likeness (QED) is 0.474. The number of hydrogen-bond acceptors (Lipinski definition) is 3. The molecule has 2 aromatic carbocycles. The third-order valence-corrected chi connectivity index (χ3v) is 4.46. The molecule has 3 heteroatoms. The lowest BCUT2D eigenvalue weighted by Crippen LogP contribution is -1.98. The molecule has 2 aromatic heterocycles. The molecule has 0 radical (unpaired) electrons.